The van der Waals surface area contributed by atoms with Crippen LogP contribution in [-0.4, -0.2) is 34.7 Å². The number of esters is 1. The molecule has 0 saturated heterocycles. The third-order valence-corrected chi connectivity index (χ3v) is 5.80. The second-order valence-corrected chi connectivity index (χ2v) is 8.52. The fraction of sp³-hybridized carbons (Fsp3) is 0.227. The number of imidazole rings is 1. The number of ether oxygens (including phenoxy) is 1. The lowest BCUT2D eigenvalue weighted by Gasteiger charge is -2.32. The predicted octanol–water partition coefficient (Wildman–Crippen LogP) is 4.16. The first-order valence-corrected chi connectivity index (χ1v) is 10.9. The summed E-state index contributed by atoms with van der Waals surface area (Å²) in [4.78, 5) is 30.2. The Hall–Kier alpha value is -3.02. The van der Waals surface area contributed by atoms with Crippen molar-refractivity contribution in [2.75, 3.05) is 18.2 Å². The maximum absolute atomic E-state index is 15.2. The van der Waals surface area contributed by atoms with E-state index in [1.165, 1.54) is 4.90 Å². The van der Waals surface area contributed by atoms with Gasteiger partial charge in [0.15, 0.2) is 18.4 Å². The van der Waals surface area contributed by atoms with E-state index < -0.39 is 29.1 Å². The Morgan fingerprint density at radius 3 is 2.81 bits per heavy atom. The summed E-state index contributed by atoms with van der Waals surface area (Å²) in [7, 11) is 0. The topological polar surface area (TPSA) is 76.5 Å². The number of hydrogen-bond acceptors (Lipinski definition) is 5. The van der Waals surface area contributed by atoms with Crippen molar-refractivity contribution in [3.05, 3.63) is 74.9 Å². The summed E-state index contributed by atoms with van der Waals surface area (Å²) in [6, 6.07) is 6.50. The van der Waals surface area contributed by atoms with Crippen LogP contribution in [0.1, 0.15) is 32.7 Å². The smallest absolute Gasteiger partial charge is 0.342 e. The molecule has 32 heavy (non-hydrogen) atoms. The van der Waals surface area contributed by atoms with E-state index in [9.17, 15) is 14.0 Å². The molecule has 0 bridgehead atoms. The molecule has 0 aliphatic carbocycles. The van der Waals surface area contributed by atoms with Gasteiger partial charge in [0.2, 0.25) is 0 Å². The Bertz CT molecular complexity index is 1180. The van der Waals surface area contributed by atoms with E-state index in [1.54, 1.807) is 24.8 Å². The molecule has 1 N–H and O–H groups in total. The van der Waals surface area contributed by atoms with Gasteiger partial charge in [0.1, 0.15) is 0 Å². The van der Waals surface area contributed by atoms with Crippen molar-refractivity contribution in [3.8, 4) is 0 Å². The molecule has 1 aromatic heterocycles. The number of halogens is 3. The van der Waals surface area contributed by atoms with Gasteiger partial charge in [0.05, 0.1) is 23.1 Å². The van der Waals surface area contributed by atoms with Crippen LogP contribution in [0.5, 0.6) is 0 Å². The third kappa shape index (κ3) is 4.31. The first kappa shape index (κ1) is 22.2. The standard InChI is InChI=1S/C22H19F2IN4O3/c1-13-9-14(25)3-4-17(13)29-12-32-22(31)16-10-15(18(23)19(24)20(16)29)21(30)27-5-2-7-28-8-6-26-11-28/h3-4,6,8-11H,2,5,7,12H2,1H3,(H,27,30). The molecular formula is C22H19F2IN4O3. The highest BCUT2D eigenvalue weighted by Gasteiger charge is 2.34. The second kappa shape index (κ2) is 9.23. The van der Waals surface area contributed by atoms with Crippen LogP contribution in [-0.2, 0) is 11.3 Å². The quantitative estimate of drug-likeness (QED) is 0.283. The highest BCUT2D eigenvalue weighted by atomic mass is 127. The van der Waals surface area contributed by atoms with Crippen molar-refractivity contribution in [1.29, 1.82) is 0 Å². The molecule has 0 atom stereocenters. The number of benzene rings is 2. The second-order valence-electron chi connectivity index (χ2n) is 7.28. The molecule has 0 spiro atoms. The van der Waals surface area contributed by atoms with E-state index in [0.29, 0.717) is 18.7 Å². The molecule has 2 aromatic carbocycles. The number of fused-ring (bicyclic) bond motifs is 1. The van der Waals surface area contributed by atoms with Crippen LogP contribution in [0.25, 0.3) is 0 Å². The van der Waals surface area contributed by atoms with Gasteiger partial charge in [-0.25, -0.2) is 18.6 Å². The van der Waals surface area contributed by atoms with Gasteiger partial charge < -0.3 is 19.5 Å². The summed E-state index contributed by atoms with van der Waals surface area (Å²) in [6.07, 6.45) is 5.64. The van der Waals surface area contributed by atoms with Gasteiger partial charge in [-0.3, -0.25) is 4.79 Å². The van der Waals surface area contributed by atoms with Gasteiger partial charge in [-0.05, 0) is 65.8 Å². The van der Waals surface area contributed by atoms with Crippen molar-refractivity contribution < 1.29 is 23.1 Å². The zero-order valence-corrected chi connectivity index (χ0v) is 19.2. The Labute approximate surface area is 196 Å². The van der Waals surface area contributed by atoms with E-state index in [1.807, 2.05) is 23.6 Å². The maximum atomic E-state index is 15.2. The van der Waals surface area contributed by atoms with E-state index >= 15 is 4.39 Å². The van der Waals surface area contributed by atoms with E-state index in [-0.39, 0.29) is 24.5 Å². The number of cyclic esters (lactones) is 1. The van der Waals surface area contributed by atoms with Gasteiger partial charge in [-0.2, -0.15) is 0 Å². The minimum absolute atomic E-state index is 0.198. The van der Waals surface area contributed by atoms with Crippen molar-refractivity contribution >= 4 is 45.8 Å². The highest BCUT2D eigenvalue weighted by Crippen LogP contribution is 2.38. The number of nitrogens with one attached hydrogen (secondary N) is 1. The van der Waals surface area contributed by atoms with Gasteiger partial charge in [0, 0.05) is 34.7 Å². The molecule has 0 saturated carbocycles. The molecule has 2 heterocycles. The van der Waals surface area contributed by atoms with E-state index in [0.717, 1.165) is 15.2 Å². The summed E-state index contributed by atoms with van der Waals surface area (Å²) < 4.78 is 38.1. The summed E-state index contributed by atoms with van der Waals surface area (Å²) >= 11 is 2.15. The summed E-state index contributed by atoms with van der Waals surface area (Å²) in [5.41, 5.74) is 0.410. The van der Waals surface area contributed by atoms with Crippen LogP contribution in [0.3, 0.4) is 0 Å². The number of rotatable bonds is 6. The molecule has 0 radical (unpaired) electrons. The molecule has 0 fully saturated rings. The molecule has 3 aromatic rings. The van der Waals surface area contributed by atoms with Crippen LogP contribution in [0.2, 0.25) is 0 Å². The van der Waals surface area contributed by atoms with E-state index in [4.69, 9.17) is 4.74 Å². The minimum Gasteiger partial charge on any atom is -0.440 e. The maximum Gasteiger partial charge on any atom is 0.342 e. The third-order valence-electron chi connectivity index (χ3n) is 5.13. The van der Waals surface area contributed by atoms with Gasteiger partial charge in [-0.15, -0.1) is 0 Å². The largest absolute Gasteiger partial charge is 0.440 e. The summed E-state index contributed by atoms with van der Waals surface area (Å²) in [5, 5.41) is 2.56. The van der Waals surface area contributed by atoms with E-state index in [2.05, 4.69) is 32.9 Å². The lowest BCUT2D eigenvalue weighted by molar-refractivity contribution is 0.0491. The number of carbonyl (C=O) groups is 2. The number of carbonyl (C=O) groups excluding carboxylic acids is 2. The first-order chi connectivity index (χ1) is 15.4. The summed E-state index contributed by atoms with van der Waals surface area (Å²) in [6.45, 7) is 2.42. The molecule has 4 rings (SSSR count). The number of nitrogens with zero attached hydrogens (tertiary/aromatic N) is 3. The Morgan fingerprint density at radius 2 is 2.09 bits per heavy atom. The Kier molecular flexibility index (Phi) is 6.40. The van der Waals surface area contributed by atoms with Crippen LogP contribution >= 0.6 is 22.6 Å². The van der Waals surface area contributed by atoms with Crippen LogP contribution in [0.15, 0.2) is 43.0 Å². The van der Waals surface area contributed by atoms with Gasteiger partial charge >= 0.3 is 5.97 Å². The zero-order chi connectivity index (χ0) is 22.8. The fourth-order valence-electron chi connectivity index (χ4n) is 3.56. The first-order valence-electron chi connectivity index (χ1n) is 9.83. The zero-order valence-electron chi connectivity index (χ0n) is 17.1. The van der Waals surface area contributed by atoms with Crippen LogP contribution in [0, 0.1) is 22.1 Å². The average Bonchev–Trinajstić information content (AvgIpc) is 3.28. The highest BCUT2D eigenvalue weighted by molar-refractivity contribution is 14.1. The normalized spacial score (nSPS) is 13.0. The number of anilines is 2. The number of hydrogen-bond donors (Lipinski definition) is 1. The Balaban J connectivity index is 1.60. The van der Waals surface area contributed by atoms with Crippen molar-refractivity contribution in [3.63, 3.8) is 0 Å². The number of aryl methyl sites for hydroxylation is 2. The number of aromatic nitrogens is 2. The van der Waals surface area contributed by atoms with Crippen molar-refractivity contribution in [1.82, 2.24) is 14.9 Å². The molecule has 1 aliphatic rings. The molecule has 0 unspecified atom stereocenters. The Morgan fingerprint density at radius 1 is 1.28 bits per heavy atom. The molecule has 166 valence electrons. The van der Waals surface area contributed by atoms with Gasteiger partial charge in [0.25, 0.3) is 5.91 Å². The summed E-state index contributed by atoms with van der Waals surface area (Å²) in [5.74, 6) is -4.18. The molecule has 1 aliphatic heterocycles. The van der Waals surface area contributed by atoms with Crippen molar-refractivity contribution in [2.45, 2.75) is 19.9 Å². The average molecular weight is 552 g/mol. The minimum atomic E-state index is -1.31. The van der Waals surface area contributed by atoms with Crippen LogP contribution < -0.4 is 10.2 Å². The monoisotopic (exact) mass is 552 g/mol. The fourth-order valence-corrected chi connectivity index (χ4v) is 4.20. The predicted molar refractivity (Wildman–Crippen MR) is 122 cm³/mol. The molecule has 10 heteroatoms. The SMILES string of the molecule is Cc1cc(I)ccc1N1COC(=O)c2cc(C(=O)NCCCn3ccnc3)c(F)c(F)c21. The molecule has 7 nitrogen and oxygen atoms in total. The van der Waals surface area contributed by atoms with Crippen molar-refractivity contribution in [2.24, 2.45) is 0 Å². The lowest BCUT2D eigenvalue weighted by atomic mass is 10.0. The van der Waals surface area contributed by atoms with Crippen LogP contribution in [0.4, 0.5) is 20.2 Å². The molecular weight excluding hydrogens is 533 g/mol. The van der Waals surface area contributed by atoms with Gasteiger partial charge in [-0.1, -0.05) is 0 Å². The lowest BCUT2D eigenvalue weighted by Crippen LogP contribution is -2.33. The number of amides is 1. The molecule has 1 amide bonds.